The Kier molecular flexibility index (Phi) is 3.36. The first kappa shape index (κ1) is 14.3. The molecule has 0 aliphatic carbocycles. The average molecular weight is 298 g/mol. The smallest absolute Gasteiger partial charge is 0.390 e. The SMILES string of the molecule is COc1ccc2c3c([nH]c2c1)C(C)NC(CC(F)(F)F)C3. The molecular formula is C15H17F3N2O. The Bertz CT molecular complexity index is 663. The molecule has 21 heavy (non-hydrogen) atoms. The summed E-state index contributed by atoms with van der Waals surface area (Å²) in [4.78, 5) is 3.30. The van der Waals surface area contributed by atoms with E-state index in [9.17, 15) is 13.2 Å². The van der Waals surface area contributed by atoms with Gasteiger partial charge < -0.3 is 15.0 Å². The van der Waals surface area contributed by atoms with Crippen LogP contribution in [0.1, 0.15) is 30.6 Å². The highest BCUT2D eigenvalue weighted by atomic mass is 19.4. The first-order valence-corrected chi connectivity index (χ1v) is 6.88. The molecule has 0 spiro atoms. The second-order valence-corrected chi connectivity index (χ2v) is 5.54. The lowest BCUT2D eigenvalue weighted by Gasteiger charge is -2.29. The number of rotatable bonds is 2. The number of benzene rings is 1. The molecule has 0 saturated carbocycles. The monoisotopic (exact) mass is 298 g/mol. The van der Waals surface area contributed by atoms with Crippen molar-refractivity contribution < 1.29 is 17.9 Å². The number of methoxy groups -OCH3 is 1. The number of H-pyrrole nitrogens is 1. The van der Waals surface area contributed by atoms with Crippen LogP contribution in [0.2, 0.25) is 0 Å². The third kappa shape index (κ3) is 2.72. The minimum absolute atomic E-state index is 0.125. The lowest BCUT2D eigenvalue weighted by atomic mass is 9.93. The molecule has 2 aromatic rings. The van der Waals surface area contributed by atoms with Crippen LogP contribution >= 0.6 is 0 Å². The minimum atomic E-state index is -4.15. The molecule has 1 aliphatic heterocycles. The molecule has 0 amide bonds. The molecule has 1 aromatic carbocycles. The zero-order valence-electron chi connectivity index (χ0n) is 11.8. The van der Waals surface area contributed by atoms with E-state index >= 15 is 0 Å². The largest absolute Gasteiger partial charge is 0.497 e. The summed E-state index contributed by atoms with van der Waals surface area (Å²) >= 11 is 0. The zero-order valence-corrected chi connectivity index (χ0v) is 11.8. The molecular weight excluding hydrogens is 281 g/mol. The molecule has 6 heteroatoms. The maximum atomic E-state index is 12.6. The Hall–Kier alpha value is -1.69. The lowest BCUT2D eigenvalue weighted by Crippen LogP contribution is -2.41. The van der Waals surface area contributed by atoms with Crippen molar-refractivity contribution in [2.24, 2.45) is 0 Å². The Morgan fingerprint density at radius 3 is 2.76 bits per heavy atom. The summed E-state index contributed by atoms with van der Waals surface area (Å²) in [5.41, 5.74) is 2.85. The van der Waals surface area contributed by atoms with Crippen molar-refractivity contribution >= 4 is 10.9 Å². The van der Waals surface area contributed by atoms with Crippen molar-refractivity contribution in [3.8, 4) is 5.75 Å². The van der Waals surface area contributed by atoms with E-state index in [1.54, 1.807) is 7.11 Å². The fourth-order valence-electron chi connectivity index (χ4n) is 3.12. The average Bonchev–Trinajstić information content (AvgIpc) is 2.75. The van der Waals surface area contributed by atoms with Crippen molar-refractivity contribution in [1.29, 1.82) is 0 Å². The van der Waals surface area contributed by atoms with Crippen LogP contribution in [0.25, 0.3) is 10.9 Å². The standard InChI is InChI=1S/C15H17F3N2O/c1-8-14-12(5-9(19-8)7-15(16,17)18)11-4-3-10(21-2)6-13(11)20-14/h3-4,6,8-9,19-20H,5,7H2,1-2H3. The summed E-state index contributed by atoms with van der Waals surface area (Å²) in [6.45, 7) is 1.88. The van der Waals surface area contributed by atoms with Crippen molar-refractivity contribution in [2.45, 2.75) is 38.0 Å². The summed E-state index contributed by atoms with van der Waals surface area (Å²) in [5.74, 6) is 0.730. The molecule has 1 aliphatic rings. The Balaban J connectivity index is 1.98. The van der Waals surface area contributed by atoms with E-state index in [1.807, 2.05) is 25.1 Å². The van der Waals surface area contributed by atoms with E-state index in [0.717, 1.165) is 27.9 Å². The second-order valence-electron chi connectivity index (χ2n) is 5.54. The van der Waals surface area contributed by atoms with Gasteiger partial charge in [0.2, 0.25) is 0 Å². The van der Waals surface area contributed by atoms with E-state index in [4.69, 9.17) is 4.74 Å². The highest BCUT2D eigenvalue weighted by molar-refractivity contribution is 5.86. The molecule has 1 aromatic heterocycles. The van der Waals surface area contributed by atoms with Crippen LogP contribution in [0.4, 0.5) is 13.2 Å². The van der Waals surface area contributed by atoms with Crippen LogP contribution in [-0.4, -0.2) is 24.3 Å². The Morgan fingerprint density at radius 1 is 1.33 bits per heavy atom. The van der Waals surface area contributed by atoms with Crippen molar-refractivity contribution in [2.75, 3.05) is 7.11 Å². The van der Waals surface area contributed by atoms with Crippen LogP contribution in [0.3, 0.4) is 0 Å². The molecule has 2 unspecified atom stereocenters. The van der Waals surface area contributed by atoms with Gasteiger partial charge in [0.05, 0.1) is 13.5 Å². The topological polar surface area (TPSA) is 37.0 Å². The van der Waals surface area contributed by atoms with Gasteiger partial charge in [0, 0.05) is 34.7 Å². The van der Waals surface area contributed by atoms with E-state index in [1.165, 1.54) is 0 Å². The Morgan fingerprint density at radius 2 is 2.10 bits per heavy atom. The minimum Gasteiger partial charge on any atom is -0.497 e. The highest BCUT2D eigenvalue weighted by Gasteiger charge is 2.36. The van der Waals surface area contributed by atoms with Crippen molar-refractivity contribution in [1.82, 2.24) is 10.3 Å². The van der Waals surface area contributed by atoms with Crippen LogP contribution in [0.15, 0.2) is 18.2 Å². The molecule has 3 rings (SSSR count). The van der Waals surface area contributed by atoms with Gasteiger partial charge >= 0.3 is 6.18 Å². The normalized spacial score (nSPS) is 22.3. The van der Waals surface area contributed by atoms with E-state index in [2.05, 4.69) is 10.3 Å². The third-order valence-corrected chi connectivity index (χ3v) is 3.99. The summed E-state index contributed by atoms with van der Waals surface area (Å²) in [6, 6.07) is 4.92. The fourth-order valence-corrected chi connectivity index (χ4v) is 3.12. The molecule has 0 saturated heterocycles. The van der Waals surface area contributed by atoms with Gasteiger partial charge in [0.1, 0.15) is 5.75 Å². The molecule has 0 fully saturated rings. The van der Waals surface area contributed by atoms with E-state index in [0.29, 0.717) is 6.42 Å². The quantitative estimate of drug-likeness (QED) is 0.887. The molecule has 3 nitrogen and oxygen atoms in total. The molecule has 2 N–H and O–H groups in total. The maximum Gasteiger partial charge on any atom is 0.390 e. The van der Waals surface area contributed by atoms with Crippen LogP contribution in [-0.2, 0) is 6.42 Å². The molecule has 0 radical (unpaired) electrons. The summed E-state index contributed by atoms with van der Waals surface area (Å²) in [6.07, 6.45) is -4.57. The zero-order chi connectivity index (χ0) is 15.2. The summed E-state index contributed by atoms with van der Waals surface area (Å²) in [5, 5.41) is 4.01. The first-order chi connectivity index (χ1) is 9.87. The summed E-state index contributed by atoms with van der Waals surface area (Å²) < 4.78 is 43.0. The van der Waals surface area contributed by atoms with Gasteiger partial charge in [-0.25, -0.2) is 0 Å². The molecule has 2 heterocycles. The van der Waals surface area contributed by atoms with Crippen LogP contribution in [0.5, 0.6) is 5.75 Å². The number of halogens is 3. The molecule has 114 valence electrons. The maximum absolute atomic E-state index is 12.6. The predicted molar refractivity (Wildman–Crippen MR) is 74.6 cm³/mol. The van der Waals surface area contributed by atoms with Gasteiger partial charge in [0.25, 0.3) is 0 Å². The molecule has 0 bridgehead atoms. The van der Waals surface area contributed by atoms with Gasteiger partial charge in [0.15, 0.2) is 0 Å². The second kappa shape index (κ2) is 4.94. The number of fused-ring (bicyclic) bond motifs is 3. The number of nitrogens with one attached hydrogen (secondary N) is 2. The van der Waals surface area contributed by atoms with E-state index in [-0.39, 0.29) is 6.04 Å². The van der Waals surface area contributed by atoms with Crippen molar-refractivity contribution in [3.05, 3.63) is 29.5 Å². The molecule has 2 atom stereocenters. The highest BCUT2D eigenvalue weighted by Crippen LogP contribution is 2.35. The van der Waals surface area contributed by atoms with Gasteiger partial charge in [-0.15, -0.1) is 0 Å². The van der Waals surface area contributed by atoms with E-state index < -0.39 is 18.6 Å². The number of alkyl halides is 3. The lowest BCUT2D eigenvalue weighted by molar-refractivity contribution is -0.140. The predicted octanol–water partition coefficient (Wildman–Crippen LogP) is 3.70. The number of hydrogen-bond donors (Lipinski definition) is 2. The number of aromatic amines is 1. The summed E-state index contributed by atoms with van der Waals surface area (Å²) in [7, 11) is 1.59. The number of ether oxygens (including phenoxy) is 1. The van der Waals surface area contributed by atoms with Gasteiger partial charge in [-0.05, 0) is 31.0 Å². The van der Waals surface area contributed by atoms with Gasteiger partial charge in [-0.2, -0.15) is 13.2 Å². The first-order valence-electron chi connectivity index (χ1n) is 6.88. The van der Waals surface area contributed by atoms with Gasteiger partial charge in [-0.3, -0.25) is 0 Å². The van der Waals surface area contributed by atoms with Crippen LogP contribution < -0.4 is 10.1 Å². The number of hydrogen-bond acceptors (Lipinski definition) is 2. The number of aromatic nitrogens is 1. The van der Waals surface area contributed by atoms with Crippen molar-refractivity contribution in [3.63, 3.8) is 0 Å². The van der Waals surface area contributed by atoms with Gasteiger partial charge in [-0.1, -0.05) is 0 Å². The third-order valence-electron chi connectivity index (χ3n) is 3.99. The fraction of sp³-hybridized carbons (Fsp3) is 0.467. The Labute approximate surface area is 120 Å². The van der Waals surface area contributed by atoms with Crippen LogP contribution in [0, 0.1) is 0 Å².